The Bertz CT molecular complexity index is 1220. The quantitative estimate of drug-likeness (QED) is 0.468. The Hall–Kier alpha value is -3.26. The van der Waals surface area contributed by atoms with E-state index in [0.29, 0.717) is 16.9 Å². The molecule has 0 radical (unpaired) electrons. The van der Waals surface area contributed by atoms with Gasteiger partial charge < -0.3 is 15.2 Å². The summed E-state index contributed by atoms with van der Waals surface area (Å²) in [5.74, 6) is -2.23. The number of carboxylic acids is 1. The first kappa shape index (κ1) is 22.4. The zero-order valence-electron chi connectivity index (χ0n) is 16.6. The molecule has 0 aliphatic heterocycles. The van der Waals surface area contributed by atoms with Gasteiger partial charge in [0, 0.05) is 17.4 Å². The summed E-state index contributed by atoms with van der Waals surface area (Å²) in [6.07, 6.45) is 1.58. The monoisotopic (exact) mass is 423 g/mol. The van der Waals surface area contributed by atoms with Crippen molar-refractivity contribution in [3.05, 3.63) is 102 Å². The molecule has 1 heterocycles. The molecule has 0 bridgehead atoms. The molecule has 3 aromatic carbocycles. The number of hydrogen-bond acceptors (Lipinski definition) is 4. The van der Waals surface area contributed by atoms with E-state index in [1.807, 2.05) is 30.3 Å². The van der Waals surface area contributed by atoms with Crippen LogP contribution in [0.2, 0.25) is 0 Å². The van der Waals surface area contributed by atoms with Gasteiger partial charge in [0.2, 0.25) is 0 Å². The van der Waals surface area contributed by atoms with Gasteiger partial charge in [-0.1, -0.05) is 48.5 Å². The molecule has 0 unspecified atom stereocenters. The number of aromatic nitrogens is 2. The maximum absolute atomic E-state index is 13.5. The zero-order chi connectivity index (χ0) is 21.1. The second-order valence-corrected chi connectivity index (χ2v) is 6.50. The summed E-state index contributed by atoms with van der Waals surface area (Å²) in [7, 11) is 0. The van der Waals surface area contributed by atoms with Crippen molar-refractivity contribution in [2.45, 2.75) is 0 Å². The minimum atomic E-state index is -1.29. The molecule has 1 N–H and O–H groups in total. The molecule has 0 aliphatic carbocycles. The summed E-state index contributed by atoms with van der Waals surface area (Å²) >= 11 is 0. The topological polar surface area (TPSA) is 87.0 Å². The summed E-state index contributed by atoms with van der Waals surface area (Å²) in [6.45, 7) is 0. The molecule has 31 heavy (non-hydrogen) atoms. The molecule has 0 saturated carbocycles. The van der Waals surface area contributed by atoms with Crippen LogP contribution in [0.5, 0.6) is 0 Å². The third kappa shape index (κ3) is 5.08. The Kier molecular flexibility index (Phi) is 7.02. The number of nitrogens with zero attached hydrogens (tertiary/aromatic N) is 2. The summed E-state index contributed by atoms with van der Waals surface area (Å²) in [5, 5.41) is 18.2. The number of anilines is 1. The van der Waals surface area contributed by atoms with E-state index in [1.54, 1.807) is 29.1 Å². The van der Waals surface area contributed by atoms with E-state index in [0.717, 1.165) is 5.69 Å². The zero-order valence-corrected chi connectivity index (χ0v) is 18.6. The SMILES string of the molecule is O=C([O-])c1ccc(-c2nn(-c3ccccc3)cc2C(=O)Nc2cccc(F)c2)cc1.[Na+]. The molecule has 4 rings (SSSR count). The molecule has 0 atom stereocenters. The van der Waals surface area contributed by atoms with Crippen molar-refractivity contribution in [3.8, 4) is 16.9 Å². The predicted octanol–water partition coefficient (Wildman–Crippen LogP) is 0.298. The number of amides is 1. The van der Waals surface area contributed by atoms with Crippen LogP contribution in [0.4, 0.5) is 10.1 Å². The van der Waals surface area contributed by atoms with Gasteiger partial charge in [0.15, 0.2) is 0 Å². The fraction of sp³-hybridized carbons (Fsp3) is 0. The number of rotatable bonds is 5. The molecular formula is C23H15FN3NaO3. The van der Waals surface area contributed by atoms with Crippen LogP contribution in [0.15, 0.2) is 85.1 Å². The number of benzene rings is 3. The molecule has 1 amide bonds. The summed E-state index contributed by atoms with van der Waals surface area (Å²) in [6, 6.07) is 20.7. The molecular weight excluding hydrogens is 408 g/mol. The van der Waals surface area contributed by atoms with Gasteiger partial charge in [0.05, 0.1) is 17.2 Å². The van der Waals surface area contributed by atoms with E-state index < -0.39 is 17.7 Å². The summed E-state index contributed by atoms with van der Waals surface area (Å²) in [4.78, 5) is 24.0. The van der Waals surface area contributed by atoms with Crippen LogP contribution in [-0.2, 0) is 0 Å². The van der Waals surface area contributed by atoms with E-state index in [1.165, 1.54) is 30.3 Å². The number of nitrogens with one attached hydrogen (secondary N) is 1. The summed E-state index contributed by atoms with van der Waals surface area (Å²) in [5.41, 5.74) is 2.24. The fourth-order valence-corrected chi connectivity index (χ4v) is 3.00. The molecule has 8 heteroatoms. The summed E-state index contributed by atoms with van der Waals surface area (Å²) < 4.78 is 15.0. The van der Waals surface area contributed by atoms with Gasteiger partial charge in [-0.25, -0.2) is 9.07 Å². The van der Waals surface area contributed by atoms with Crippen molar-refractivity contribution in [2.24, 2.45) is 0 Å². The van der Waals surface area contributed by atoms with Crippen molar-refractivity contribution in [1.29, 1.82) is 0 Å². The minimum Gasteiger partial charge on any atom is -0.545 e. The van der Waals surface area contributed by atoms with Crippen molar-refractivity contribution in [1.82, 2.24) is 9.78 Å². The Morgan fingerprint density at radius 2 is 1.65 bits per heavy atom. The number of carboxylic acid groups (broad SMARTS) is 1. The largest absolute Gasteiger partial charge is 1.00 e. The van der Waals surface area contributed by atoms with E-state index in [-0.39, 0.29) is 40.7 Å². The van der Waals surface area contributed by atoms with Gasteiger partial charge in [-0.15, -0.1) is 0 Å². The predicted molar refractivity (Wildman–Crippen MR) is 108 cm³/mol. The van der Waals surface area contributed by atoms with Crippen molar-refractivity contribution >= 4 is 17.6 Å². The molecule has 6 nitrogen and oxygen atoms in total. The maximum Gasteiger partial charge on any atom is 1.00 e. The Balaban J connectivity index is 0.00000272. The molecule has 148 valence electrons. The van der Waals surface area contributed by atoms with Crippen molar-refractivity contribution in [2.75, 3.05) is 5.32 Å². The first-order valence-electron chi connectivity index (χ1n) is 9.05. The van der Waals surface area contributed by atoms with E-state index in [4.69, 9.17) is 0 Å². The standard InChI is InChI=1S/C23H16FN3O3.Na/c24-17-5-4-6-18(13-17)25-22(28)20-14-27(19-7-2-1-3-8-19)26-21(20)15-9-11-16(12-10-15)23(29)30;/h1-14H,(H,25,28)(H,29,30);/q;+1/p-1. The van der Waals surface area contributed by atoms with E-state index in [9.17, 15) is 19.1 Å². The molecule has 0 spiro atoms. The first-order chi connectivity index (χ1) is 14.5. The van der Waals surface area contributed by atoms with Crippen LogP contribution >= 0.6 is 0 Å². The smallest absolute Gasteiger partial charge is 0.545 e. The number of carbonyl (C=O) groups is 2. The second-order valence-electron chi connectivity index (χ2n) is 6.50. The van der Waals surface area contributed by atoms with Gasteiger partial charge in [-0.3, -0.25) is 4.79 Å². The molecule has 0 aliphatic rings. The number of aromatic carboxylic acids is 1. The Labute approximate surface area is 199 Å². The average Bonchev–Trinajstić information content (AvgIpc) is 3.20. The van der Waals surface area contributed by atoms with Gasteiger partial charge >= 0.3 is 29.6 Å². The number of halogens is 1. The van der Waals surface area contributed by atoms with Crippen molar-refractivity contribution in [3.63, 3.8) is 0 Å². The number of hydrogen-bond donors (Lipinski definition) is 1. The van der Waals surface area contributed by atoms with Gasteiger partial charge in [0.25, 0.3) is 5.91 Å². The molecule has 4 aromatic rings. The van der Waals surface area contributed by atoms with Crippen LogP contribution in [-0.4, -0.2) is 21.7 Å². The second kappa shape index (κ2) is 9.70. The van der Waals surface area contributed by atoms with Gasteiger partial charge in [0.1, 0.15) is 11.5 Å². The van der Waals surface area contributed by atoms with E-state index >= 15 is 0 Å². The average molecular weight is 423 g/mol. The fourth-order valence-electron chi connectivity index (χ4n) is 3.00. The normalized spacial score (nSPS) is 10.2. The van der Waals surface area contributed by atoms with Crippen LogP contribution in [0.3, 0.4) is 0 Å². The first-order valence-corrected chi connectivity index (χ1v) is 9.05. The third-order valence-corrected chi connectivity index (χ3v) is 4.46. The van der Waals surface area contributed by atoms with Crippen molar-refractivity contribution < 1.29 is 48.6 Å². The Morgan fingerprint density at radius 3 is 2.29 bits per heavy atom. The minimum absolute atomic E-state index is 0. The molecule has 1 aromatic heterocycles. The number of para-hydroxylation sites is 1. The van der Waals surface area contributed by atoms with Crippen LogP contribution in [0.25, 0.3) is 16.9 Å². The van der Waals surface area contributed by atoms with Crippen LogP contribution in [0, 0.1) is 5.82 Å². The van der Waals surface area contributed by atoms with Crippen LogP contribution < -0.4 is 40.0 Å². The maximum atomic E-state index is 13.5. The molecule has 0 fully saturated rings. The number of carbonyl (C=O) groups excluding carboxylic acids is 2. The van der Waals surface area contributed by atoms with Gasteiger partial charge in [-0.2, -0.15) is 5.10 Å². The van der Waals surface area contributed by atoms with Gasteiger partial charge in [-0.05, 0) is 35.9 Å². The molecule has 0 saturated heterocycles. The van der Waals surface area contributed by atoms with E-state index in [2.05, 4.69) is 10.4 Å². The third-order valence-electron chi connectivity index (χ3n) is 4.46. The van der Waals surface area contributed by atoms with Crippen LogP contribution in [0.1, 0.15) is 20.7 Å². The Morgan fingerprint density at radius 1 is 0.935 bits per heavy atom.